The van der Waals surface area contributed by atoms with Crippen molar-refractivity contribution in [2.45, 2.75) is 64.5 Å². The van der Waals surface area contributed by atoms with E-state index in [1.807, 2.05) is 0 Å². The van der Waals surface area contributed by atoms with Crippen LogP contribution in [-0.4, -0.2) is 36.1 Å². The van der Waals surface area contributed by atoms with E-state index in [9.17, 15) is 23.6 Å². The van der Waals surface area contributed by atoms with Gasteiger partial charge in [0.15, 0.2) is 11.6 Å². The standard InChI is InChI=1S/C25H33FN6O5/c1-3-4-5-6-7-8-22(34)31-20(13-21(27)33)24(35)30-18-11-9-17(10-12-18)15-37-25(36)32-23-19(26)14-28-16(2)29-23/h9-12,14,20,29H,2-8,13,15H2,1H3,(H2,27,33)(H,30,35)(H,31,34)(H,32,36)/t20-/m1/s1. The number of carbonyl (C=O) groups is 4. The average Bonchev–Trinajstić information content (AvgIpc) is 2.85. The van der Waals surface area contributed by atoms with Crippen molar-refractivity contribution in [1.29, 1.82) is 0 Å². The van der Waals surface area contributed by atoms with Gasteiger partial charge in [-0.3, -0.25) is 19.7 Å². The van der Waals surface area contributed by atoms with Crippen LogP contribution in [0.25, 0.3) is 0 Å². The molecule has 1 aliphatic rings. The van der Waals surface area contributed by atoms with E-state index in [1.165, 1.54) is 0 Å². The molecule has 11 nitrogen and oxygen atoms in total. The number of allylic oxidation sites excluding steroid dienone is 1. The number of primary amides is 1. The predicted octanol–water partition coefficient (Wildman–Crippen LogP) is 2.86. The summed E-state index contributed by atoms with van der Waals surface area (Å²) in [6, 6.07) is 5.24. The number of hydrogen-bond acceptors (Lipinski definition) is 7. The molecule has 1 aromatic rings. The fraction of sp³-hybridized carbons (Fsp3) is 0.400. The highest BCUT2D eigenvalue weighted by Crippen LogP contribution is 2.13. The predicted molar refractivity (Wildman–Crippen MR) is 136 cm³/mol. The minimum absolute atomic E-state index is 0.122. The molecule has 2 rings (SSSR count). The zero-order chi connectivity index (χ0) is 27.2. The highest BCUT2D eigenvalue weighted by molar-refractivity contribution is 5.99. The van der Waals surface area contributed by atoms with E-state index in [4.69, 9.17) is 10.5 Å². The Hall–Kier alpha value is -4.22. The molecule has 1 aliphatic heterocycles. The third-order valence-corrected chi connectivity index (χ3v) is 5.22. The fourth-order valence-electron chi connectivity index (χ4n) is 3.29. The number of rotatable bonds is 14. The first-order valence-electron chi connectivity index (χ1n) is 12.0. The maximum Gasteiger partial charge on any atom is 0.413 e. The van der Waals surface area contributed by atoms with Gasteiger partial charge in [-0.05, 0) is 24.1 Å². The molecule has 12 heteroatoms. The quantitative estimate of drug-likeness (QED) is 0.239. The lowest BCUT2D eigenvalue weighted by molar-refractivity contribution is -0.128. The van der Waals surface area contributed by atoms with Gasteiger partial charge in [0, 0.05) is 12.1 Å². The number of amides is 4. The molecule has 0 aromatic heterocycles. The molecule has 200 valence electrons. The van der Waals surface area contributed by atoms with Crippen LogP contribution in [0.3, 0.4) is 0 Å². The normalized spacial score (nSPS) is 13.4. The molecule has 0 spiro atoms. The zero-order valence-corrected chi connectivity index (χ0v) is 20.8. The number of unbranched alkanes of at least 4 members (excludes halogenated alkanes) is 4. The lowest BCUT2D eigenvalue weighted by Gasteiger charge is -2.17. The summed E-state index contributed by atoms with van der Waals surface area (Å²) >= 11 is 0. The Morgan fingerprint density at radius 3 is 2.49 bits per heavy atom. The molecule has 1 aromatic carbocycles. The second-order valence-corrected chi connectivity index (χ2v) is 8.39. The molecule has 1 heterocycles. The van der Waals surface area contributed by atoms with Crippen molar-refractivity contribution in [1.82, 2.24) is 16.0 Å². The van der Waals surface area contributed by atoms with Gasteiger partial charge in [0.05, 0.1) is 12.6 Å². The minimum Gasteiger partial charge on any atom is -0.444 e. The fourth-order valence-corrected chi connectivity index (χ4v) is 3.29. The highest BCUT2D eigenvalue weighted by atomic mass is 19.1. The summed E-state index contributed by atoms with van der Waals surface area (Å²) in [5.41, 5.74) is 6.24. The number of nitrogens with two attached hydrogens (primary N) is 1. The number of aliphatic imine (C=N–C) groups is 1. The van der Waals surface area contributed by atoms with Crippen LogP contribution in [0.15, 0.2) is 53.3 Å². The third-order valence-electron chi connectivity index (χ3n) is 5.22. The summed E-state index contributed by atoms with van der Waals surface area (Å²) in [7, 11) is 0. The number of carbonyl (C=O) groups excluding carboxylic acids is 4. The summed E-state index contributed by atoms with van der Waals surface area (Å²) in [4.78, 5) is 51.9. The number of nitrogens with zero attached hydrogens (tertiary/aromatic N) is 1. The van der Waals surface area contributed by atoms with E-state index in [1.54, 1.807) is 24.3 Å². The summed E-state index contributed by atoms with van der Waals surface area (Å²) < 4.78 is 18.7. The third kappa shape index (κ3) is 10.9. The molecule has 0 saturated carbocycles. The number of nitrogens with one attached hydrogen (secondary N) is 4. The van der Waals surface area contributed by atoms with Gasteiger partial charge in [0.25, 0.3) is 0 Å². The Kier molecular flexibility index (Phi) is 11.8. The van der Waals surface area contributed by atoms with Crippen LogP contribution < -0.4 is 27.0 Å². The summed E-state index contributed by atoms with van der Waals surface area (Å²) in [6.07, 6.45) is 4.81. The molecule has 0 fully saturated rings. The van der Waals surface area contributed by atoms with E-state index in [0.29, 0.717) is 17.7 Å². The SMILES string of the molecule is C=C1N=CC(F)=C(NC(=O)OCc2ccc(NC(=O)[C@@H](CC(N)=O)NC(=O)CCCCCCC)cc2)N1. The first-order chi connectivity index (χ1) is 17.7. The average molecular weight is 517 g/mol. The lowest BCUT2D eigenvalue weighted by Crippen LogP contribution is -2.46. The maximum absolute atomic E-state index is 13.7. The number of ether oxygens (including phenoxy) is 1. The lowest BCUT2D eigenvalue weighted by atomic mass is 10.1. The molecule has 0 aliphatic carbocycles. The second kappa shape index (κ2) is 15.0. The van der Waals surface area contributed by atoms with Gasteiger partial charge in [-0.1, -0.05) is 51.3 Å². The highest BCUT2D eigenvalue weighted by Gasteiger charge is 2.23. The smallest absolute Gasteiger partial charge is 0.413 e. The molecular weight excluding hydrogens is 483 g/mol. The molecular formula is C25H33FN6O5. The van der Waals surface area contributed by atoms with Gasteiger partial charge in [0.2, 0.25) is 17.7 Å². The number of benzene rings is 1. The van der Waals surface area contributed by atoms with Gasteiger partial charge in [-0.25, -0.2) is 14.2 Å². The first kappa shape index (κ1) is 29.0. The Balaban J connectivity index is 1.84. The Bertz CT molecular complexity index is 1050. The number of anilines is 1. The van der Waals surface area contributed by atoms with Crippen LogP contribution in [0.4, 0.5) is 14.9 Å². The van der Waals surface area contributed by atoms with Crippen LogP contribution in [0.1, 0.15) is 57.4 Å². The van der Waals surface area contributed by atoms with E-state index >= 15 is 0 Å². The molecule has 6 N–H and O–H groups in total. The van der Waals surface area contributed by atoms with Gasteiger partial charge in [-0.2, -0.15) is 0 Å². The summed E-state index contributed by atoms with van der Waals surface area (Å²) in [5.74, 6) is -2.46. The Morgan fingerprint density at radius 2 is 1.81 bits per heavy atom. The largest absolute Gasteiger partial charge is 0.444 e. The van der Waals surface area contributed by atoms with Crippen molar-refractivity contribution >= 4 is 35.7 Å². The molecule has 1 atom stereocenters. The molecule has 0 unspecified atom stereocenters. The minimum atomic E-state index is -1.10. The summed E-state index contributed by atoms with van der Waals surface area (Å²) in [5, 5.41) is 9.91. The van der Waals surface area contributed by atoms with Gasteiger partial charge in [-0.15, -0.1) is 0 Å². The van der Waals surface area contributed by atoms with Crippen molar-refractivity contribution in [3.63, 3.8) is 0 Å². The van der Waals surface area contributed by atoms with E-state index < -0.39 is 29.8 Å². The first-order valence-corrected chi connectivity index (χ1v) is 12.0. The zero-order valence-electron chi connectivity index (χ0n) is 20.8. The van der Waals surface area contributed by atoms with Crippen LogP contribution in [0.2, 0.25) is 0 Å². The molecule has 0 saturated heterocycles. The number of halogens is 1. The number of alkyl carbamates (subject to hydrolysis) is 1. The monoisotopic (exact) mass is 516 g/mol. The number of hydrogen-bond donors (Lipinski definition) is 5. The van der Waals surface area contributed by atoms with Gasteiger partial charge >= 0.3 is 6.09 Å². The van der Waals surface area contributed by atoms with Crippen molar-refractivity contribution in [3.8, 4) is 0 Å². The second-order valence-electron chi connectivity index (χ2n) is 8.39. The summed E-state index contributed by atoms with van der Waals surface area (Å²) in [6.45, 7) is 5.49. The molecule has 0 bridgehead atoms. The maximum atomic E-state index is 13.7. The van der Waals surface area contributed by atoms with E-state index in [0.717, 1.165) is 31.9 Å². The van der Waals surface area contributed by atoms with E-state index in [2.05, 4.69) is 39.8 Å². The van der Waals surface area contributed by atoms with Crippen LogP contribution in [-0.2, 0) is 25.7 Å². The van der Waals surface area contributed by atoms with Crippen molar-refractivity contribution < 1.29 is 28.3 Å². The van der Waals surface area contributed by atoms with Crippen LogP contribution in [0, 0.1) is 0 Å². The topological polar surface area (TPSA) is 164 Å². The molecule has 0 radical (unpaired) electrons. The van der Waals surface area contributed by atoms with Crippen LogP contribution >= 0.6 is 0 Å². The Labute approximate surface area is 214 Å². The van der Waals surface area contributed by atoms with Crippen molar-refractivity contribution in [3.05, 3.63) is 53.9 Å². The van der Waals surface area contributed by atoms with Gasteiger partial charge in [0.1, 0.15) is 18.5 Å². The molecule has 4 amide bonds. The van der Waals surface area contributed by atoms with E-state index in [-0.39, 0.29) is 37.0 Å². The Morgan fingerprint density at radius 1 is 1.11 bits per heavy atom. The van der Waals surface area contributed by atoms with Gasteiger partial charge < -0.3 is 26.4 Å². The van der Waals surface area contributed by atoms with Crippen molar-refractivity contribution in [2.24, 2.45) is 10.7 Å². The van der Waals surface area contributed by atoms with Crippen molar-refractivity contribution in [2.75, 3.05) is 5.32 Å². The molecule has 37 heavy (non-hydrogen) atoms. The van der Waals surface area contributed by atoms with Crippen LogP contribution in [0.5, 0.6) is 0 Å².